The molecule has 0 fully saturated rings. The van der Waals surface area contributed by atoms with Gasteiger partial charge in [0.25, 0.3) is 5.56 Å². The summed E-state index contributed by atoms with van der Waals surface area (Å²) in [4.78, 5) is 27.5. The summed E-state index contributed by atoms with van der Waals surface area (Å²) in [5.74, 6) is 1.95. The minimum absolute atomic E-state index is 0.214. The van der Waals surface area contributed by atoms with Crippen LogP contribution in [-0.2, 0) is 13.5 Å². The lowest BCUT2D eigenvalue weighted by atomic mass is 10.1. The van der Waals surface area contributed by atoms with Crippen molar-refractivity contribution in [3.05, 3.63) is 34.2 Å². The Labute approximate surface area is 194 Å². The van der Waals surface area contributed by atoms with Crippen molar-refractivity contribution in [2.45, 2.75) is 47.5 Å². The van der Waals surface area contributed by atoms with Crippen molar-refractivity contribution in [3.8, 4) is 17.1 Å². The largest absolute Gasteiger partial charge is 0.493 e. The minimum Gasteiger partial charge on any atom is -0.493 e. The van der Waals surface area contributed by atoms with Gasteiger partial charge in [0.15, 0.2) is 11.5 Å². The van der Waals surface area contributed by atoms with E-state index >= 15 is 0 Å². The van der Waals surface area contributed by atoms with Gasteiger partial charge in [-0.2, -0.15) is 5.10 Å². The van der Waals surface area contributed by atoms with Gasteiger partial charge in [-0.15, -0.1) is 0 Å². The Bertz CT molecular complexity index is 1180. The molecule has 0 aliphatic carbocycles. The smallest absolute Gasteiger partial charge is 0.277 e. The van der Waals surface area contributed by atoms with Crippen LogP contribution in [-0.4, -0.2) is 51.9 Å². The highest BCUT2D eigenvalue weighted by atomic mass is 16.5. The van der Waals surface area contributed by atoms with Crippen LogP contribution in [0.1, 0.15) is 46.7 Å². The number of H-pyrrole nitrogens is 1. The molecule has 1 aromatic carbocycles. The first-order valence-electron chi connectivity index (χ1n) is 11.8. The summed E-state index contributed by atoms with van der Waals surface area (Å²) in [6, 6.07) is 5.92. The maximum atomic E-state index is 13.0. The third-order valence-corrected chi connectivity index (χ3v) is 5.29. The SMILES string of the molecule is CCCc1nn(C)c2c(=O)[nH]c(-c3cc(N(CC)C(=NCC)NCC)ccc3OCC)nc12. The first-order chi connectivity index (χ1) is 16.0. The number of aromatic amines is 1. The number of aryl methyl sites for hydroxylation is 2. The fourth-order valence-corrected chi connectivity index (χ4v) is 3.93. The molecule has 0 radical (unpaired) electrons. The fourth-order valence-electron chi connectivity index (χ4n) is 3.93. The van der Waals surface area contributed by atoms with Crippen molar-refractivity contribution in [1.82, 2.24) is 25.1 Å². The van der Waals surface area contributed by atoms with E-state index in [1.165, 1.54) is 0 Å². The van der Waals surface area contributed by atoms with E-state index in [-0.39, 0.29) is 5.56 Å². The average molecular weight is 454 g/mol. The van der Waals surface area contributed by atoms with Crippen molar-refractivity contribution in [1.29, 1.82) is 0 Å². The van der Waals surface area contributed by atoms with E-state index in [0.29, 0.717) is 35.8 Å². The number of hydrogen-bond donors (Lipinski definition) is 2. The van der Waals surface area contributed by atoms with Crippen molar-refractivity contribution in [2.24, 2.45) is 12.0 Å². The first kappa shape index (κ1) is 24.3. The predicted octanol–water partition coefficient (Wildman–Crippen LogP) is 3.49. The standard InChI is InChI=1S/C24H35N7O2/c1-7-12-18-20-21(30(6)29-18)23(32)28-22(27-20)17-15-16(13-14-19(17)33-11-5)31(10-4)24(25-8-2)26-9-3/h13-15H,7-12H2,1-6H3,(H,25,26)(H,27,28,32). The Morgan fingerprint density at radius 3 is 2.67 bits per heavy atom. The molecule has 0 aliphatic rings. The second kappa shape index (κ2) is 11.0. The molecule has 33 heavy (non-hydrogen) atoms. The summed E-state index contributed by atoms with van der Waals surface area (Å²) in [5.41, 5.74) is 3.40. The molecule has 0 unspecified atom stereocenters. The number of benzene rings is 1. The van der Waals surface area contributed by atoms with Crippen LogP contribution in [0.4, 0.5) is 5.69 Å². The van der Waals surface area contributed by atoms with Gasteiger partial charge in [-0.3, -0.25) is 14.5 Å². The molecule has 0 saturated heterocycles. The predicted molar refractivity (Wildman–Crippen MR) is 134 cm³/mol. The van der Waals surface area contributed by atoms with E-state index in [2.05, 4.69) is 39.1 Å². The molecule has 2 N–H and O–H groups in total. The molecule has 3 rings (SSSR count). The lowest BCUT2D eigenvalue weighted by Gasteiger charge is -2.26. The zero-order valence-corrected chi connectivity index (χ0v) is 20.5. The summed E-state index contributed by atoms with van der Waals surface area (Å²) >= 11 is 0. The van der Waals surface area contributed by atoms with E-state index in [9.17, 15) is 4.79 Å². The zero-order chi connectivity index (χ0) is 24.0. The van der Waals surface area contributed by atoms with Crippen LogP contribution in [0.15, 0.2) is 28.0 Å². The van der Waals surface area contributed by atoms with Crippen molar-refractivity contribution < 1.29 is 4.74 Å². The normalized spacial score (nSPS) is 11.8. The number of aromatic nitrogens is 4. The highest BCUT2D eigenvalue weighted by Gasteiger charge is 2.19. The lowest BCUT2D eigenvalue weighted by Crippen LogP contribution is -2.41. The Hall–Kier alpha value is -3.36. The summed E-state index contributed by atoms with van der Waals surface area (Å²) in [6.45, 7) is 12.8. The average Bonchev–Trinajstić information content (AvgIpc) is 3.11. The number of aliphatic imine (C=N–C) groups is 1. The van der Waals surface area contributed by atoms with Crippen LogP contribution < -0.4 is 20.5 Å². The topological polar surface area (TPSA) is 100 Å². The molecule has 9 nitrogen and oxygen atoms in total. The molecule has 2 aromatic heterocycles. The monoisotopic (exact) mass is 453 g/mol. The van der Waals surface area contributed by atoms with E-state index in [0.717, 1.165) is 48.8 Å². The molecular weight excluding hydrogens is 418 g/mol. The van der Waals surface area contributed by atoms with E-state index < -0.39 is 0 Å². The van der Waals surface area contributed by atoms with Crippen molar-refractivity contribution >= 4 is 22.7 Å². The zero-order valence-electron chi connectivity index (χ0n) is 20.5. The number of rotatable bonds is 9. The molecule has 9 heteroatoms. The van der Waals surface area contributed by atoms with Crippen molar-refractivity contribution in [3.63, 3.8) is 0 Å². The molecule has 0 saturated carbocycles. The van der Waals surface area contributed by atoms with Gasteiger partial charge in [0.05, 0.1) is 17.9 Å². The minimum atomic E-state index is -0.214. The highest BCUT2D eigenvalue weighted by Crippen LogP contribution is 2.33. The maximum absolute atomic E-state index is 13.0. The molecule has 0 spiro atoms. The van der Waals surface area contributed by atoms with Gasteiger partial charge >= 0.3 is 0 Å². The number of nitrogens with zero attached hydrogens (tertiary/aromatic N) is 5. The van der Waals surface area contributed by atoms with E-state index in [1.807, 2.05) is 39.0 Å². The van der Waals surface area contributed by atoms with Crippen LogP contribution in [0, 0.1) is 0 Å². The Morgan fingerprint density at radius 2 is 2.03 bits per heavy atom. The molecule has 0 atom stereocenters. The number of hydrogen-bond acceptors (Lipinski definition) is 5. The second-order valence-corrected chi connectivity index (χ2v) is 7.62. The summed E-state index contributed by atoms with van der Waals surface area (Å²) in [5, 5.41) is 7.88. The highest BCUT2D eigenvalue weighted by molar-refractivity contribution is 5.97. The Morgan fingerprint density at radius 1 is 1.24 bits per heavy atom. The van der Waals surface area contributed by atoms with Gasteiger partial charge in [0, 0.05) is 32.4 Å². The van der Waals surface area contributed by atoms with Gasteiger partial charge in [0.2, 0.25) is 0 Å². The van der Waals surface area contributed by atoms with Gasteiger partial charge in [-0.1, -0.05) is 13.3 Å². The number of fused-ring (bicyclic) bond motifs is 1. The third kappa shape index (κ3) is 5.02. The van der Waals surface area contributed by atoms with Gasteiger partial charge in [-0.05, 0) is 52.3 Å². The molecule has 3 aromatic rings. The van der Waals surface area contributed by atoms with E-state index in [4.69, 9.17) is 9.72 Å². The Kier molecular flexibility index (Phi) is 8.08. The first-order valence-corrected chi connectivity index (χ1v) is 11.8. The summed E-state index contributed by atoms with van der Waals surface area (Å²) in [6.07, 6.45) is 1.68. The molecule has 2 heterocycles. The number of guanidine groups is 1. The van der Waals surface area contributed by atoms with Gasteiger partial charge < -0.3 is 19.9 Å². The number of anilines is 1. The molecule has 0 aliphatic heterocycles. The van der Waals surface area contributed by atoms with Crippen LogP contribution in [0.3, 0.4) is 0 Å². The fraction of sp³-hybridized carbons (Fsp3) is 0.500. The van der Waals surface area contributed by atoms with Crippen LogP contribution in [0.5, 0.6) is 5.75 Å². The Balaban J connectivity index is 2.21. The molecule has 0 amide bonds. The summed E-state index contributed by atoms with van der Waals surface area (Å²) < 4.78 is 7.51. The van der Waals surface area contributed by atoms with E-state index in [1.54, 1.807) is 11.7 Å². The molecule has 178 valence electrons. The maximum Gasteiger partial charge on any atom is 0.277 e. The van der Waals surface area contributed by atoms with Gasteiger partial charge in [0.1, 0.15) is 17.1 Å². The van der Waals surface area contributed by atoms with Crippen molar-refractivity contribution in [2.75, 3.05) is 31.1 Å². The van der Waals surface area contributed by atoms with Gasteiger partial charge in [-0.25, -0.2) is 4.98 Å². The lowest BCUT2D eigenvalue weighted by molar-refractivity contribution is 0.341. The summed E-state index contributed by atoms with van der Waals surface area (Å²) in [7, 11) is 1.78. The number of ether oxygens (including phenoxy) is 1. The van der Waals surface area contributed by atoms with Crippen LogP contribution in [0.25, 0.3) is 22.4 Å². The number of nitrogens with one attached hydrogen (secondary N) is 2. The third-order valence-electron chi connectivity index (χ3n) is 5.29. The molecular formula is C24H35N7O2. The van der Waals surface area contributed by atoms with Crippen LogP contribution in [0.2, 0.25) is 0 Å². The van der Waals surface area contributed by atoms with Crippen LogP contribution >= 0.6 is 0 Å². The quantitative estimate of drug-likeness (QED) is 0.380. The second-order valence-electron chi connectivity index (χ2n) is 7.62. The molecule has 0 bridgehead atoms.